The summed E-state index contributed by atoms with van der Waals surface area (Å²) in [5.74, 6) is -0.899. The van der Waals surface area contributed by atoms with Crippen LogP contribution in [0.4, 0.5) is 9.52 Å². The maximum Gasteiger partial charge on any atom is 0.243 e. The number of ether oxygens (including phenoxy) is 1. The van der Waals surface area contributed by atoms with E-state index in [4.69, 9.17) is 16.3 Å². The summed E-state index contributed by atoms with van der Waals surface area (Å²) in [6.45, 7) is 1.49. The molecule has 35 heavy (non-hydrogen) atoms. The summed E-state index contributed by atoms with van der Waals surface area (Å²) in [7, 11) is -3.66. The zero-order chi connectivity index (χ0) is 24.6. The van der Waals surface area contributed by atoms with Crippen LogP contribution in [0.3, 0.4) is 0 Å². The van der Waals surface area contributed by atoms with E-state index in [0.29, 0.717) is 40.8 Å². The summed E-state index contributed by atoms with van der Waals surface area (Å²) in [5, 5.41) is 0.913. The van der Waals surface area contributed by atoms with Gasteiger partial charge < -0.3 is 4.74 Å². The van der Waals surface area contributed by atoms with Gasteiger partial charge in [0.1, 0.15) is 11.3 Å². The maximum atomic E-state index is 14.3. The van der Waals surface area contributed by atoms with Crippen LogP contribution in [0.25, 0.3) is 10.2 Å². The molecule has 0 aliphatic carbocycles. The van der Waals surface area contributed by atoms with Crippen LogP contribution in [0.15, 0.2) is 47.4 Å². The van der Waals surface area contributed by atoms with Gasteiger partial charge in [-0.15, -0.1) is 0 Å². The molecule has 2 saturated heterocycles. The number of anilines is 1. The summed E-state index contributed by atoms with van der Waals surface area (Å²) in [5.41, 5.74) is 0.251. The second kappa shape index (κ2) is 10.1. The first-order chi connectivity index (χ1) is 16.8. The lowest BCUT2D eigenvalue weighted by molar-refractivity contribution is -0.123. The Kier molecular flexibility index (Phi) is 7.09. The molecule has 2 aliphatic heterocycles. The number of sulfonamides is 1. The Morgan fingerprint density at radius 1 is 1.17 bits per heavy atom. The number of piperidine rings is 1. The number of para-hydroxylation sites is 1. The van der Waals surface area contributed by atoms with Crippen molar-refractivity contribution in [1.82, 2.24) is 9.29 Å². The molecule has 0 bridgehead atoms. The van der Waals surface area contributed by atoms with E-state index in [2.05, 4.69) is 4.98 Å². The molecule has 1 atom stereocenters. The van der Waals surface area contributed by atoms with Gasteiger partial charge in [0.05, 0.1) is 22.2 Å². The molecule has 186 valence electrons. The van der Waals surface area contributed by atoms with Crippen molar-refractivity contribution in [3.8, 4) is 0 Å². The predicted molar refractivity (Wildman–Crippen MR) is 134 cm³/mol. The van der Waals surface area contributed by atoms with Crippen LogP contribution in [0.5, 0.6) is 0 Å². The highest BCUT2D eigenvalue weighted by Crippen LogP contribution is 2.34. The molecule has 5 rings (SSSR count). The van der Waals surface area contributed by atoms with Crippen molar-refractivity contribution in [3.05, 3.63) is 53.3 Å². The minimum absolute atomic E-state index is 0.0961. The molecular weight excluding hydrogens is 513 g/mol. The van der Waals surface area contributed by atoms with Crippen molar-refractivity contribution in [2.24, 2.45) is 5.92 Å². The maximum absolute atomic E-state index is 14.3. The lowest BCUT2D eigenvalue weighted by Crippen LogP contribution is -2.46. The molecule has 1 aromatic heterocycles. The average molecular weight is 538 g/mol. The molecule has 3 aromatic rings. The molecule has 2 aromatic carbocycles. The van der Waals surface area contributed by atoms with Crippen molar-refractivity contribution in [3.63, 3.8) is 0 Å². The molecular formula is C24H25ClFN3O4S2. The zero-order valence-corrected chi connectivity index (χ0v) is 21.3. The number of carbonyl (C=O) groups excluding carboxylic acids is 1. The first kappa shape index (κ1) is 24.6. The van der Waals surface area contributed by atoms with Gasteiger partial charge in [0.15, 0.2) is 5.13 Å². The highest BCUT2D eigenvalue weighted by atomic mass is 35.5. The second-order valence-corrected chi connectivity index (χ2v) is 12.2. The summed E-state index contributed by atoms with van der Waals surface area (Å²) >= 11 is 7.17. The lowest BCUT2D eigenvalue weighted by atomic mass is 9.96. The van der Waals surface area contributed by atoms with Crippen molar-refractivity contribution in [2.45, 2.75) is 36.7 Å². The van der Waals surface area contributed by atoms with Gasteiger partial charge in [-0.2, -0.15) is 4.31 Å². The van der Waals surface area contributed by atoms with Gasteiger partial charge in [-0.3, -0.25) is 9.69 Å². The van der Waals surface area contributed by atoms with Crippen LogP contribution >= 0.6 is 22.9 Å². The van der Waals surface area contributed by atoms with Gasteiger partial charge in [0.2, 0.25) is 15.9 Å². The number of rotatable bonds is 6. The molecule has 0 spiro atoms. The highest BCUT2D eigenvalue weighted by molar-refractivity contribution is 7.89. The average Bonchev–Trinajstić information content (AvgIpc) is 3.53. The summed E-state index contributed by atoms with van der Waals surface area (Å²) in [6, 6.07) is 10.9. The SMILES string of the molecule is O=C(C1CCN(S(=O)(=O)c2ccc(Cl)cc2)CC1)N(CC1CCCO1)c1nc2c(F)cccc2s1. The van der Waals surface area contributed by atoms with Gasteiger partial charge in [-0.25, -0.2) is 17.8 Å². The topological polar surface area (TPSA) is 79.8 Å². The fourth-order valence-electron chi connectivity index (χ4n) is 4.59. The first-order valence-corrected chi connectivity index (χ1v) is 14.2. The van der Waals surface area contributed by atoms with E-state index < -0.39 is 15.8 Å². The van der Waals surface area contributed by atoms with Crippen LogP contribution in [0.2, 0.25) is 5.02 Å². The van der Waals surface area contributed by atoms with Gasteiger partial charge in [0, 0.05) is 30.6 Å². The van der Waals surface area contributed by atoms with E-state index in [-0.39, 0.29) is 41.4 Å². The second-order valence-electron chi connectivity index (χ2n) is 8.80. The molecule has 0 radical (unpaired) electrons. The van der Waals surface area contributed by atoms with E-state index in [1.807, 2.05) is 0 Å². The molecule has 2 fully saturated rings. The quantitative estimate of drug-likeness (QED) is 0.455. The summed E-state index contributed by atoms with van der Waals surface area (Å²) in [6.07, 6.45) is 2.48. The normalized spacial score (nSPS) is 19.9. The van der Waals surface area contributed by atoms with Gasteiger partial charge in [-0.05, 0) is 62.1 Å². The monoisotopic (exact) mass is 537 g/mol. The van der Waals surface area contributed by atoms with Crippen LogP contribution in [-0.4, -0.2) is 56.0 Å². The van der Waals surface area contributed by atoms with Gasteiger partial charge in [-0.1, -0.05) is 29.0 Å². The number of aromatic nitrogens is 1. The van der Waals surface area contributed by atoms with E-state index in [9.17, 15) is 17.6 Å². The Bertz CT molecular complexity index is 1320. The summed E-state index contributed by atoms with van der Waals surface area (Å²) in [4.78, 5) is 19.9. The smallest absolute Gasteiger partial charge is 0.243 e. The van der Waals surface area contributed by atoms with Crippen LogP contribution in [0, 0.1) is 11.7 Å². The third-order valence-corrected chi connectivity index (χ3v) is 9.73. The molecule has 1 amide bonds. The number of hydrogen-bond donors (Lipinski definition) is 0. The van der Waals surface area contributed by atoms with Gasteiger partial charge in [0.25, 0.3) is 0 Å². The number of halogens is 2. The number of fused-ring (bicyclic) bond motifs is 1. The number of carbonyl (C=O) groups is 1. The van der Waals surface area contributed by atoms with Crippen LogP contribution in [0.1, 0.15) is 25.7 Å². The third-order valence-electron chi connectivity index (χ3n) is 6.52. The fraction of sp³-hybridized carbons (Fsp3) is 0.417. The molecule has 0 N–H and O–H groups in total. The largest absolute Gasteiger partial charge is 0.376 e. The Morgan fingerprint density at radius 3 is 2.57 bits per heavy atom. The van der Waals surface area contributed by atoms with Crippen LogP contribution < -0.4 is 4.90 Å². The van der Waals surface area contributed by atoms with Crippen molar-refractivity contribution in [2.75, 3.05) is 31.1 Å². The first-order valence-electron chi connectivity index (χ1n) is 11.6. The van der Waals surface area contributed by atoms with Gasteiger partial charge >= 0.3 is 0 Å². The van der Waals surface area contributed by atoms with E-state index in [1.54, 1.807) is 29.2 Å². The Hall–Kier alpha value is -2.11. The van der Waals surface area contributed by atoms with Crippen molar-refractivity contribution in [1.29, 1.82) is 0 Å². The molecule has 2 aliphatic rings. The third kappa shape index (κ3) is 5.08. The predicted octanol–water partition coefficient (Wildman–Crippen LogP) is 4.70. The Morgan fingerprint density at radius 2 is 1.91 bits per heavy atom. The number of benzene rings is 2. The van der Waals surface area contributed by atoms with Crippen LogP contribution in [-0.2, 0) is 19.6 Å². The number of amides is 1. The van der Waals surface area contributed by atoms with E-state index in [0.717, 1.165) is 12.8 Å². The molecule has 0 saturated carbocycles. The number of thiazole rings is 1. The standard InChI is InChI=1S/C24H25ClFN3O4S2/c25-17-6-8-19(9-7-17)35(31,32)28-12-10-16(11-13-28)23(30)29(15-18-3-2-14-33-18)24-27-22-20(26)4-1-5-21(22)34-24/h1,4-9,16,18H,2-3,10-15H2. The minimum atomic E-state index is -3.66. The van der Waals surface area contributed by atoms with E-state index >= 15 is 0 Å². The molecule has 1 unspecified atom stereocenters. The Labute approximate surface area is 212 Å². The fourth-order valence-corrected chi connectivity index (χ4v) is 7.18. The van der Waals surface area contributed by atoms with E-state index in [1.165, 1.54) is 33.8 Å². The Balaban J connectivity index is 1.34. The summed E-state index contributed by atoms with van der Waals surface area (Å²) < 4.78 is 48.2. The molecule has 7 nitrogen and oxygen atoms in total. The highest BCUT2D eigenvalue weighted by Gasteiger charge is 2.36. The molecule has 3 heterocycles. The van der Waals surface area contributed by atoms with Crippen molar-refractivity contribution >= 4 is 54.2 Å². The zero-order valence-electron chi connectivity index (χ0n) is 18.9. The minimum Gasteiger partial charge on any atom is -0.376 e. The van der Waals surface area contributed by atoms with Crippen molar-refractivity contribution < 1.29 is 22.3 Å². The lowest BCUT2D eigenvalue weighted by Gasteiger charge is -2.33. The number of hydrogen-bond acceptors (Lipinski definition) is 6. The molecule has 11 heteroatoms. The number of nitrogens with zero attached hydrogens (tertiary/aromatic N) is 3.